The smallest absolute Gasteiger partial charge is 0.401 e. The van der Waals surface area contributed by atoms with Crippen LogP contribution in [-0.4, -0.2) is 55.9 Å². The molecule has 120 valence electrons. The minimum atomic E-state index is -4.23. The molecular weight excluding hydrogens is 273 g/mol. The van der Waals surface area contributed by atoms with Gasteiger partial charge in [-0.2, -0.15) is 13.2 Å². The average molecular weight is 298 g/mol. The van der Waals surface area contributed by atoms with Crippen molar-refractivity contribution in [2.24, 2.45) is 0 Å². The highest BCUT2D eigenvalue weighted by Gasteiger charge is 2.35. The molecule has 0 aromatic heterocycles. The Bertz CT molecular complexity index is 298. The molecule has 0 aromatic carbocycles. The molecule has 0 radical (unpaired) electrons. The van der Waals surface area contributed by atoms with Gasteiger partial charge in [0.15, 0.2) is 0 Å². The molecule has 7 heteroatoms. The van der Waals surface area contributed by atoms with Crippen molar-refractivity contribution in [3.63, 3.8) is 0 Å². The monoisotopic (exact) mass is 298 g/mol. The van der Waals surface area contributed by atoms with E-state index in [0.29, 0.717) is 6.54 Å². The van der Waals surface area contributed by atoms with E-state index < -0.39 is 24.2 Å². The van der Waals surface area contributed by atoms with Gasteiger partial charge in [-0.15, -0.1) is 0 Å². The number of esters is 1. The largest absolute Gasteiger partial charge is 0.465 e. The second-order valence-electron chi connectivity index (χ2n) is 5.08. The summed E-state index contributed by atoms with van der Waals surface area (Å²) >= 11 is 0. The lowest BCUT2D eigenvalue weighted by Crippen LogP contribution is -2.52. The van der Waals surface area contributed by atoms with Crippen molar-refractivity contribution in [3.8, 4) is 0 Å². The maximum atomic E-state index is 12.3. The fourth-order valence-electron chi connectivity index (χ4n) is 1.75. The highest BCUT2D eigenvalue weighted by Crippen LogP contribution is 2.18. The van der Waals surface area contributed by atoms with E-state index in [-0.39, 0.29) is 19.6 Å². The number of halogens is 3. The summed E-state index contributed by atoms with van der Waals surface area (Å²) in [4.78, 5) is 13.1. The van der Waals surface area contributed by atoms with Crippen molar-refractivity contribution in [2.75, 3.05) is 33.3 Å². The number of hydrogen-bond donors (Lipinski definition) is 1. The standard InChI is InChI=1S/C13H25F3N2O2/c1-5-8-17-12(3,11(19)20-6-2)7-9-18(4)10-13(14,15)16/h17H,5-10H2,1-4H3. The summed E-state index contributed by atoms with van der Waals surface area (Å²) in [6.45, 7) is 5.36. The number of nitrogens with one attached hydrogen (secondary N) is 1. The number of alkyl halides is 3. The average Bonchev–Trinajstić information content (AvgIpc) is 2.32. The Morgan fingerprint density at radius 2 is 1.90 bits per heavy atom. The summed E-state index contributed by atoms with van der Waals surface area (Å²) < 4.78 is 41.8. The molecular formula is C13H25F3N2O2. The molecule has 0 amide bonds. The zero-order valence-electron chi connectivity index (χ0n) is 12.6. The van der Waals surface area contributed by atoms with Gasteiger partial charge in [0, 0.05) is 6.54 Å². The molecule has 0 heterocycles. The third-order valence-corrected chi connectivity index (χ3v) is 2.93. The van der Waals surface area contributed by atoms with Crippen LogP contribution in [0, 0.1) is 0 Å². The van der Waals surface area contributed by atoms with Crippen molar-refractivity contribution in [1.29, 1.82) is 0 Å². The van der Waals surface area contributed by atoms with Gasteiger partial charge < -0.3 is 10.1 Å². The molecule has 20 heavy (non-hydrogen) atoms. The molecule has 1 atom stereocenters. The molecule has 0 saturated carbocycles. The van der Waals surface area contributed by atoms with Crippen LogP contribution in [0.25, 0.3) is 0 Å². The Labute approximate surface area is 118 Å². The SMILES string of the molecule is CCCNC(C)(CCN(C)CC(F)(F)F)C(=O)OCC. The van der Waals surface area contributed by atoms with E-state index in [2.05, 4.69) is 5.32 Å². The molecule has 0 aliphatic carbocycles. The van der Waals surface area contributed by atoms with Crippen molar-refractivity contribution >= 4 is 5.97 Å². The van der Waals surface area contributed by atoms with Gasteiger partial charge in [-0.05, 0) is 40.3 Å². The van der Waals surface area contributed by atoms with Gasteiger partial charge >= 0.3 is 12.1 Å². The first-order chi connectivity index (χ1) is 9.14. The quantitative estimate of drug-likeness (QED) is 0.663. The molecule has 0 aromatic rings. The Hall–Kier alpha value is -0.820. The lowest BCUT2D eigenvalue weighted by atomic mass is 9.97. The number of hydrogen-bond acceptors (Lipinski definition) is 4. The van der Waals surface area contributed by atoms with E-state index in [1.807, 2.05) is 6.92 Å². The summed E-state index contributed by atoms with van der Waals surface area (Å²) in [6, 6.07) is 0. The zero-order chi connectivity index (χ0) is 15.8. The summed E-state index contributed by atoms with van der Waals surface area (Å²) in [5.74, 6) is -0.422. The topological polar surface area (TPSA) is 41.6 Å². The van der Waals surface area contributed by atoms with Crippen molar-refractivity contribution in [2.45, 2.75) is 45.3 Å². The van der Waals surface area contributed by atoms with Gasteiger partial charge in [0.05, 0.1) is 13.2 Å². The first-order valence-corrected chi connectivity index (χ1v) is 6.82. The summed E-state index contributed by atoms with van der Waals surface area (Å²) in [7, 11) is 1.39. The predicted molar refractivity (Wildman–Crippen MR) is 71.5 cm³/mol. The Balaban J connectivity index is 4.53. The van der Waals surface area contributed by atoms with E-state index in [4.69, 9.17) is 4.74 Å². The van der Waals surface area contributed by atoms with E-state index >= 15 is 0 Å². The second kappa shape index (κ2) is 8.46. The van der Waals surface area contributed by atoms with Crippen LogP contribution in [0.1, 0.15) is 33.6 Å². The van der Waals surface area contributed by atoms with Crippen LogP contribution in [0.5, 0.6) is 0 Å². The van der Waals surface area contributed by atoms with Crippen LogP contribution in [0.15, 0.2) is 0 Å². The van der Waals surface area contributed by atoms with Crippen LogP contribution in [-0.2, 0) is 9.53 Å². The van der Waals surface area contributed by atoms with E-state index in [9.17, 15) is 18.0 Å². The molecule has 4 nitrogen and oxygen atoms in total. The van der Waals surface area contributed by atoms with Crippen LogP contribution in [0.2, 0.25) is 0 Å². The summed E-state index contributed by atoms with van der Waals surface area (Å²) in [5, 5.41) is 3.07. The zero-order valence-corrected chi connectivity index (χ0v) is 12.6. The number of carbonyl (C=O) groups is 1. The van der Waals surface area contributed by atoms with Crippen LogP contribution in [0.3, 0.4) is 0 Å². The molecule has 1 unspecified atom stereocenters. The lowest BCUT2D eigenvalue weighted by Gasteiger charge is -2.30. The van der Waals surface area contributed by atoms with E-state index in [1.54, 1.807) is 13.8 Å². The number of rotatable bonds is 9. The normalized spacial score (nSPS) is 15.2. The van der Waals surface area contributed by atoms with Gasteiger partial charge in [0.1, 0.15) is 5.54 Å². The van der Waals surface area contributed by atoms with Gasteiger partial charge in [-0.3, -0.25) is 9.69 Å². The molecule has 0 fully saturated rings. The van der Waals surface area contributed by atoms with E-state index in [1.165, 1.54) is 7.05 Å². The van der Waals surface area contributed by atoms with Gasteiger partial charge in [-0.25, -0.2) is 0 Å². The van der Waals surface area contributed by atoms with Crippen LogP contribution >= 0.6 is 0 Å². The molecule has 0 spiro atoms. The predicted octanol–water partition coefficient (Wildman–Crippen LogP) is 2.19. The van der Waals surface area contributed by atoms with E-state index in [0.717, 1.165) is 11.3 Å². The molecule has 1 N–H and O–H groups in total. The van der Waals surface area contributed by atoms with Crippen molar-refractivity contribution in [3.05, 3.63) is 0 Å². The second-order valence-corrected chi connectivity index (χ2v) is 5.08. The highest BCUT2D eigenvalue weighted by molar-refractivity contribution is 5.80. The Kier molecular flexibility index (Phi) is 8.12. The Morgan fingerprint density at radius 3 is 2.35 bits per heavy atom. The molecule has 0 aliphatic heterocycles. The minimum Gasteiger partial charge on any atom is -0.465 e. The fraction of sp³-hybridized carbons (Fsp3) is 0.923. The maximum absolute atomic E-state index is 12.3. The van der Waals surface area contributed by atoms with Crippen molar-refractivity contribution < 1.29 is 22.7 Å². The van der Waals surface area contributed by atoms with Crippen LogP contribution in [0.4, 0.5) is 13.2 Å². The first-order valence-electron chi connectivity index (χ1n) is 6.82. The molecule has 0 rings (SSSR count). The van der Waals surface area contributed by atoms with Crippen molar-refractivity contribution in [1.82, 2.24) is 10.2 Å². The fourth-order valence-corrected chi connectivity index (χ4v) is 1.75. The number of carbonyl (C=O) groups excluding carboxylic acids is 1. The third kappa shape index (κ3) is 7.69. The Morgan fingerprint density at radius 1 is 1.30 bits per heavy atom. The van der Waals surface area contributed by atoms with Gasteiger partial charge in [-0.1, -0.05) is 6.92 Å². The minimum absolute atomic E-state index is 0.158. The van der Waals surface area contributed by atoms with Crippen LogP contribution < -0.4 is 5.32 Å². The van der Waals surface area contributed by atoms with Gasteiger partial charge in [0.2, 0.25) is 0 Å². The molecule has 0 saturated heterocycles. The molecule has 0 aliphatic rings. The maximum Gasteiger partial charge on any atom is 0.401 e. The lowest BCUT2D eigenvalue weighted by molar-refractivity contribution is -0.152. The number of ether oxygens (including phenoxy) is 1. The summed E-state index contributed by atoms with van der Waals surface area (Å²) in [6.07, 6.45) is -3.14. The molecule has 0 bridgehead atoms. The van der Waals surface area contributed by atoms with Gasteiger partial charge in [0.25, 0.3) is 0 Å². The highest BCUT2D eigenvalue weighted by atomic mass is 19.4. The summed E-state index contributed by atoms with van der Waals surface area (Å²) in [5.41, 5.74) is -0.953. The number of nitrogens with zero attached hydrogens (tertiary/aromatic N) is 1. The first kappa shape index (κ1) is 19.2. The third-order valence-electron chi connectivity index (χ3n) is 2.93.